The Labute approximate surface area is 119 Å². The van der Waals surface area contributed by atoms with E-state index in [1.807, 2.05) is 0 Å². The second-order valence-electron chi connectivity index (χ2n) is 5.65. The number of unbranched alkanes of at least 4 members (excludes halogenated alkanes) is 1. The van der Waals surface area contributed by atoms with Crippen LogP contribution in [0.25, 0.3) is 0 Å². The van der Waals surface area contributed by atoms with Crippen molar-refractivity contribution in [3.05, 3.63) is 27.7 Å². The first-order chi connectivity index (χ1) is 8.40. The number of halogens is 1. The summed E-state index contributed by atoms with van der Waals surface area (Å²) in [5.74, 6) is 0.958. The zero-order valence-electron chi connectivity index (χ0n) is 11.8. The lowest BCUT2D eigenvalue weighted by atomic mass is 9.85. The highest BCUT2D eigenvalue weighted by molar-refractivity contribution is 9.10. The van der Waals surface area contributed by atoms with E-state index in [1.54, 1.807) is 7.11 Å². The Hall–Kier alpha value is -0.540. The molecule has 3 heteroatoms. The summed E-state index contributed by atoms with van der Waals surface area (Å²) in [5, 5.41) is 0. The molecule has 0 unspecified atom stereocenters. The van der Waals surface area contributed by atoms with E-state index in [0.29, 0.717) is 0 Å². The van der Waals surface area contributed by atoms with E-state index in [1.165, 1.54) is 11.1 Å². The zero-order chi connectivity index (χ0) is 13.8. The summed E-state index contributed by atoms with van der Waals surface area (Å²) in [7, 11) is 1.73. The van der Waals surface area contributed by atoms with Crippen molar-refractivity contribution in [3.8, 4) is 5.75 Å². The maximum Gasteiger partial charge on any atom is 0.136 e. The summed E-state index contributed by atoms with van der Waals surface area (Å²) in [6.07, 6.45) is 3.18. The van der Waals surface area contributed by atoms with Crippen molar-refractivity contribution in [1.82, 2.24) is 0 Å². The maximum absolute atomic E-state index is 5.55. The van der Waals surface area contributed by atoms with Gasteiger partial charge in [0.15, 0.2) is 0 Å². The molecule has 1 aromatic carbocycles. The Morgan fingerprint density at radius 2 is 1.89 bits per heavy atom. The first kappa shape index (κ1) is 15.5. The molecule has 0 heterocycles. The monoisotopic (exact) mass is 313 g/mol. The molecule has 18 heavy (non-hydrogen) atoms. The number of benzene rings is 1. The molecular formula is C15H24BrNO. The topological polar surface area (TPSA) is 35.2 Å². The number of aryl methyl sites for hydroxylation is 1. The zero-order valence-corrected chi connectivity index (χ0v) is 13.4. The van der Waals surface area contributed by atoms with Crippen LogP contribution in [0.4, 0.5) is 0 Å². The van der Waals surface area contributed by atoms with E-state index in [0.717, 1.165) is 36.0 Å². The largest absolute Gasteiger partial charge is 0.495 e. The van der Waals surface area contributed by atoms with Gasteiger partial charge in [-0.2, -0.15) is 0 Å². The Morgan fingerprint density at radius 1 is 1.22 bits per heavy atom. The molecule has 102 valence electrons. The van der Waals surface area contributed by atoms with Crippen LogP contribution in [0.5, 0.6) is 5.75 Å². The molecule has 0 atom stereocenters. The van der Waals surface area contributed by atoms with E-state index in [4.69, 9.17) is 10.5 Å². The van der Waals surface area contributed by atoms with Crippen LogP contribution in [-0.2, 0) is 11.8 Å². The minimum Gasteiger partial charge on any atom is -0.495 e. The van der Waals surface area contributed by atoms with Crippen LogP contribution in [0.1, 0.15) is 44.7 Å². The molecule has 2 N–H and O–H groups in total. The number of nitrogens with two attached hydrogens (primary N) is 1. The number of methoxy groups -OCH3 is 1. The molecule has 1 rings (SSSR count). The molecule has 0 saturated heterocycles. The third-order valence-electron chi connectivity index (χ3n) is 3.09. The highest BCUT2D eigenvalue weighted by Crippen LogP contribution is 2.35. The highest BCUT2D eigenvalue weighted by Gasteiger charge is 2.18. The van der Waals surface area contributed by atoms with Crippen molar-refractivity contribution in [2.24, 2.45) is 5.73 Å². The molecule has 0 fully saturated rings. The van der Waals surface area contributed by atoms with Crippen LogP contribution in [0.3, 0.4) is 0 Å². The van der Waals surface area contributed by atoms with Gasteiger partial charge in [0.05, 0.1) is 11.6 Å². The highest BCUT2D eigenvalue weighted by atomic mass is 79.9. The number of ether oxygens (including phenoxy) is 1. The lowest BCUT2D eigenvalue weighted by Gasteiger charge is -2.22. The summed E-state index contributed by atoms with van der Waals surface area (Å²) < 4.78 is 6.54. The molecule has 0 spiro atoms. The van der Waals surface area contributed by atoms with Gasteiger partial charge in [0.25, 0.3) is 0 Å². The summed E-state index contributed by atoms with van der Waals surface area (Å²) in [6, 6.07) is 4.42. The molecule has 0 aliphatic carbocycles. The minimum atomic E-state index is 0.150. The van der Waals surface area contributed by atoms with Gasteiger partial charge in [-0.3, -0.25) is 0 Å². The van der Waals surface area contributed by atoms with E-state index in [9.17, 15) is 0 Å². The molecule has 0 amide bonds. The first-order valence-electron chi connectivity index (χ1n) is 6.47. The Balaban J connectivity index is 3.07. The van der Waals surface area contributed by atoms with Crippen LogP contribution in [0.2, 0.25) is 0 Å². The van der Waals surface area contributed by atoms with Gasteiger partial charge >= 0.3 is 0 Å². The van der Waals surface area contributed by atoms with E-state index >= 15 is 0 Å². The van der Waals surface area contributed by atoms with Gasteiger partial charge in [-0.15, -0.1) is 0 Å². The van der Waals surface area contributed by atoms with Gasteiger partial charge in [-0.1, -0.05) is 26.8 Å². The van der Waals surface area contributed by atoms with Crippen molar-refractivity contribution in [2.75, 3.05) is 13.7 Å². The fourth-order valence-electron chi connectivity index (χ4n) is 1.96. The summed E-state index contributed by atoms with van der Waals surface area (Å²) in [4.78, 5) is 0. The minimum absolute atomic E-state index is 0.150. The molecular weight excluding hydrogens is 290 g/mol. The molecule has 0 aliphatic rings. The van der Waals surface area contributed by atoms with E-state index < -0.39 is 0 Å². The number of hydrogen-bond acceptors (Lipinski definition) is 2. The van der Waals surface area contributed by atoms with E-state index in [2.05, 4.69) is 48.8 Å². The molecule has 0 aromatic heterocycles. The second-order valence-corrected chi connectivity index (χ2v) is 6.50. The second kappa shape index (κ2) is 6.58. The third kappa shape index (κ3) is 3.99. The van der Waals surface area contributed by atoms with Crippen LogP contribution in [0, 0.1) is 0 Å². The van der Waals surface area contributed by atoms with Crippen molar-refractivity contribution < 1.29 is 4.74 Å². The van der Waals surface area contributed by atoms with Crippen LogP contribution in [0.15, 0.2) is 16.6 Å². The average Bonchev–Trinajstić information content (AvgIpc) is 2.27. The summed E-state index contributed by atoms with van der Waals surface area (Å²) >= 11 is 3.61. The van der Waals surface area contributed by atoms with Gasteiger partial charge in [-0.05, 0) is 64.3 Å². The fourth-order valence-corrected chi connectivity index (χ4v) is 2.62. The van der Waals surface area contributed by atoms with Crippen LogP contribution < -0.4 is 10.5 Å². The lowest BCUT2D eigenvalue weighted by molar-refractivity contribution is 0.405. The number of hydrogen-bond donors (Lipinski definition) is 1. The van der Waals surface area contributed by atoms with Crippen LogP contribution in [-0.4, -0.2) is 13.7 Å². The summed E-state index contributed by atoms with van der Waals surface area (Å²) in [5.41, 5.74) is 8.30. The normalized spacial score (nSPS) is 11.7. The van der Waals surface area contributed by atoms with Crippen molar-refractivity contribution in [3.63, 3.8) is 0 Å². The average molecular weight is 314 g/mol. The third-order valence-corrected chi connectivity index (χ3v) is 3.68. The standard InChI is InChI=1S/C15H24BrNO/c1-15(2,3)12-9-11(7-5-6-8-17)14(18-4)13(16)10-12/h9-10H,5-8,17H2,1-4H3. The van der Waals surface area contributed by atoms with Gasteiger partial charge in [0.1, 0.15) is 5.75 Å². The van der Waals surface area contributed by atoms with Gasteiger partial charge < -0.3 is 10.5 Å². The summed E-state index contributed by atoms with van der Waals surface area (Å²) in [6.45, 7) is 7.43. The van der Waals surface area contributed by atoms with Gasteiger partial charge in [0, 0.05) is 0 Å². The fraction of sp³-hybridized carbons (Fsp3) is 0.600. The molecule has 2 nitrogen and oxygen atoms in total. The molecule has 1 aromatic rings. The number of rotatable bonds is 5. The predicted molar refractivity (Wildman–Crippen MR) is 81.4 cm³/mol. The SMILES string of the molecule is COc1c(Br)cc(C(C)(C)C)cc1CCCCN. The molecule has 0 saturated carbocycles. The Bertz CT molecular complexity index is 396. The molecule has 0 bridgehead atoms. The van der Waals surface area contributed by atoms with E-state index in [-0.39, 0.29) is 5.41 Å². The smallest absolute Gasteiger partial charge is 0.136 e. The predicted octanol–water partition coefficient (Wildman–Crippen LogP) is 4.04. The van der Waals surface area contributed by atoms with Gasteiger partial charge in [0.2, 0.25) is 0 Å². The Kier molecular flexibility index (Phi) is 5.67. The van der Waals surface area contributed by atoms with Crippen molar-refractivity contribution >= 4 is 15.9 Å². The quantitative estimate of drug-likeness (QED) is 0.833. The first-order valence-corrected chi connectivity index (χ1v) is 7.26. The Morgan fingerprint density at radius 3 is 2.39 bits per heavy atom. The lowest BCUT2D eigenvalue weighted by Crippen LogP contribution is -2.12. The van der Waals surface area contributed by atoms with Crippen molar-refractivity contribution in [2.45, 2.75) is 45.4 Å². The van der Waals surface area contributed by atoms with Crippen molar-refractivity contribution in [1.29, 1.82) is 0 Å². The molecule has 0 radical (unpaired) electrons. The van der Waals surface area contributed by atoms with Crippen LogP contribution >= 0.6 is 15.9 Å². The molecule has 0 aliphatic heterocycles. The van der Waals surface area contributed by atoms with Gasteiger partial charge in [-0.25, -0.2) is 0 Å². The maximum atomic E-state index is 5.55.